The van der Waals surface area contributed by atoms with Crippen LogP contribution < -0.4 is 5.73 Å². The summed E-state index contributed by atoms with van der Waals surface area (Å²) in [6, 6.07) is 7.53. The Labute approximate surface area is 93.5 Å². The fourth-order valence-electron chi connectivity index (χ4n) is 1.67. The minimum atomic E-state index is 0.0784. The highest BCUT2D eigenvalue weighted by Crippen LogP contribution is 2.30. The molecule has 0 saturated heterocycles. The van der Waals surface area contributed by atoms with Gasteiger partial charge in [0, 0.05) is 5.39 Å². The SMILES string of the molecule is C=Cc1oc2ccccc2c1/C(N)=C(\C)O. The van der Waals surface area contributed by atoms with Gasteiger partial charge in [0.2, 0.25) is 0 Å². The molecule has 1 heterocycles. The van der Waals surface area contributed by atoms with Crippen molar-refractivity contribution >= 4 is 22.7 Å². The van der Waals surface area contributed by atoms with E-state index < -0.39 is 0 Å². The molecule has 0 radical (unpaired) electrons. The Bertz CT molecular complexity index is 575. The van der Waals surface area contributed by atoms with Crippen LogP contribution in [0.25, 0.3) is 22.7 Å². The summed E-state index contributed by atoms with van der Waals surface area (Å²) in [6.07, 6.45) is 1.59. The van der Waals surface area contributed by atoms with E-state index in [4.69, 9.17) is 10.2 Å². The molecular formula is C13H13NO2. The zero-order valence-corrected chi connectivity index (χ0v) is 9.03. The molecule has 2 rings (SSSR count). The van der Waals surface area contributed by atoms with E-state index in [9.17, 15) is 5.11 Å². The van der Waals surface area contributed by atoms with Crippen molar-refractivity contribution < 1.29 is 9.52 Å². The summed E-state index contributed by atoms with van der Waals surface area (Å²) in [5.74, 6) is 0.654. The molecule has 82 valence electrons. The third kappa shape index (κ3) is 1.46. The molecule has 1 aromatic carbocycles. The average molecular weight is 215 g/mol. The lowest BCUT2D eigenvalue weighted by Gasteiger charge is -2.01. The van der Waals surface area contributed by atoms with Crippen molar-refractivity contribution in [1.82, 2.24) is 0 Å². The summed E-state index contributed by atoms with van der Waals surface area (Å²) in [5.41, 5.74) is 7.60. The van der Waals surface area contributed by atoms with E-state index >= 15 is 0 Å². The molecule has 16 heavy (non-hydrogen) atoms. The summed E-state index contributed by atoms with van der Waals surface area (Å²) >= 11 is 0. The van der Waals surface area contributed by atoms with Gasteiger partial charge in [0.05, 0.1) is 11.3 Å². The van der Waals surface area contributed by atoms with Gasteiger partial charge >= 0.3 is 0 Å². The first-order valence-electron chi connectivity index (χ1n) is 4.94. The highest BCUT2D eigenvalue weighted by Gasteiger charge is 2.15. The number of hydrogen-bond donors (Lipinski definition) is 2. The fraction of sp³-hybridized carbons (Fsp3) is 0.0769. The molecule has 0 unspecified atom stereocenters. The van der Waals surface area contributed by atoms with E-state index in [-0.39, 0.29) is 5.76 Å². The maximum absolute atomic E-state index is 9.45. The third-order valence-corrected chi connectivity index (χ3v) is 2.47. The Morgan fingerprint density at radius 2 is 2.12 bits per heavy atom. The van der Waals surface area contributed by atoms with Crippen LogP contribution in [0.3, 0.4) is 0 Å². The molecule has 1 aromatic heterocycles. The number of aliphatic hydroxyl groups excluding tert-OH is 1. The number of fused-ring (bicyclic) bond motifs is 1. The molecule has 3 heteroatoms. The Kier molecular flexibility index (Phi) is 2.44. The Hall–Kier alpha value is -2.16. The van der Waals surface area contributed by atoms with Gasteiger partial charge in [-0.3, -0.25) is 0 Å². The minimum absolute atomic E-state index is 0.0784. The summed E-state index contributed by atoms with van der Waals surface area (Å²) in [5, 5.41) is 10.3. The first-order chi connectivity index (χ1) is 7.65. The van der Waals surface area contributed by atoms with E-state index in [1.54, 1.807) is 13.0 Å². The topological polar surface area (TPSA) is 59.4 Å². The first-order valence-corrected chi connectivity index (χ1v) is 4.94. The predicted octanol–water partition coefficient (Wildman–Crippen LogP) is 3.28. The normalized spacial score (nSPS) is 12.6. The monoisotopic (exact) mass is 215 g/mol. The van der Waals surface area contributed by atoms with Crippen molar-refractivity contribution in [3.63, 3.8) is 0 Å². The van der Waals surface area contributed by atoms with Crippen LogP contribution >= 0.6 is 0 Å². The van der Waals surface area contributed by atoms with E-state index in [1.165, 1.54) is 0 Å². The van der Waals surface area contributed by atoms with Crippen LogP contribution in [0.1, 0.15) is 18.2 Å². The molecule has 3 N–H and O–H groups in total. The van der Waals surface area contributed by atoms with Crippen LogP contribution in [-0.2, 0) is 0 Å². The van der Waals surface area contributed by atoms with Crippen LogP contribution in [-0.4, -0.2) is 5.11 Å². The number of para-hydroxylation sites is 1. The summed E-state index contributed by atoms with van der Waals surface area (Å²) in [6.45, 7) is 5.22. The average Bonchev–Trinajstić information content (AvgIpc) is 2.66. The maximum Gasteiger partial charge on any atom is 0.137 e. The van der Waals surface area contributed by atoms with Crippen molar-refractivity contribution in [2.24, 2.45) is 5.73 Å². The summed E-state index contributed by atoms with van der Waals surface area (Å²) < 4.78 is 5.58. The Morgan fingerprint density at radius 1 is 1.44 bits per heavy atom. The first kappa shape index (κ1) is 10.4. The van der Waals surface area contributed by atoms with Gasteiger partial charge in [-0.05, 0) is 19.1 Å². The molecule has 0 spiro atoms. The second-order valence-electron chi connectivity index (χ2n) is 3.54. The van der Waals surface area contributed by atoms with Gasteiger partial charge in [-0.1, -0.05) is 24.8 Å². The van der Waals surface area contributed by atoms with Crippen LogP contribution in [0.15, 0.2) is 41.0 Å². The highest BCUT2D eigenvalue weighted by molar-refractivity contribution is 5.94. The van der Waals surface area contributed by atoms with Crippen molar-refractivity contribution in [2.45, 2.75) is 6.92 Å². The largest absolute Gasteiger partial charge is 0.510 e. The standard InChI is InChI=1S/C13H13NO2/c1-3-10-12(13(14)8(2)15)9-6-4-5-7-11(9)16-10/h3-7,15H,1,14H2,2H3/b13-8-. The Morgan fingerprint density at radius 3 is 2.75 bits per heavy atom. The lowest BCUT2D eigenvalue weighted by molar-refractivity contribution is 0.416. The van der Waals surface area contributed by atoms with Gasteiger partial charge in [0.15, 0.2) is 0 Å². The molecule has 0 atom stereocenters. The second-order valence-corrected chi connectivity index (χ2v) is 3.54. The quantitative estimate of drug-likeness (QED) is 0.756. The lowest BCUT2D eigenvalue weighted by Crippen LogP contribution is -2.00. The number of furan rings is 1. The molecule has 0 aliphatic heterocycles. The second kappa shape index (κ2) is 3.77. The molecule has 0 aliphatic carbocycles. The lowest BCUT2D eigenvalue weighted by atomic mass is 10.1. The molecule has 2 aromatic rings. The van der Waals surface area contributed by atoms with Crippen molar-refractivity contribution in [3.8, 4) is 0 Å². The number of aliphatic hydroxyl groups is 1. The molecule has 3 nitrogen and oxygen atoms in total. The van der Waals surface area contributed by atoms with Gasteiger partial charge in [-0.15, -0.1) is 0 Å². The van der Waals surface area contributed by atoms with E-state index in [0.717, 1.165) is 11.0 Å². The minimum Gasteiger partial charge on any atom is -0.510 e. The fourth-order valence-corrected chi connectivity index (χ4v) is 1.67. The third-order valence-electron chi connectivity index (χ3n) is 2.47. The summed E-state index contributed by atoms with van der Waals surface area (Å²) in [4.78, 5) is 0. The molecule has 0 aliphatic rings. The molecule has 0 amide bonds. The molecular weight excluding hydrogens is 202 g/mol. The number of nitrogens with two attached hydrogens (primary N) is 1. The van der Waals surface area contributed by atoms with Gasteiger partial charge in [0.1, 0.15) is 17.1 Å². The van der Waals surface area contributed by atoms with Gasteiger partial charge < -0.3 is 15.3 Å². The highest BCUT2D eigenvalue weighted by atomic mass is 16.3. The van der Waals surface area contributed by atoms with E-state index in [1.807, 2.05) is 24.3 Å². The zero-order valence-electron chi connectivity index (χ0n) is 9.03. The van der Waals surface area contributed by atoms with Gasteiger partial charge in [-0.25, -0.2) is 0 Å². The number of hydrogen-bond acceptors (Lipinski definition) is 3. The number of allylic oxidation sites excluding steroid dienone is 1. The molecule has 0 bridgehead atoms. The number of rotatable bonds is 2. The molecule has 0 saturated carbocycles. The zero-order chi connectivity index (χ0) is 11.7. The molecule has 0 fully saturated rings. The van der Waals surface area contributed by atoms with Gasteiger partial charge in [-0.2, -0.15) is 0 Å². The number of benzene rings is 1. The predicted molar refractivity (Wildman–Crippen MR) is 65.7 cm³/mol. The van der Waals surface area contributed by atoms with Crippen molar-refractivity contribution in [1.29, 1.82) is 0 Å². The van der Waals surface area contributed by atoms with Crippen LogP contribution in [0.5, 0.6) is 0 Å². The van der Waals surface area contributed by atoms with E-state index in [0.29, 0.717) is 17.0 Å². The maximum atomic E-state index is 9.45. The smallest absolute Gasteiger partial charge is 0.137 e. The van der Waals surface area contributed by atoms with Crippen molar-refractivity contribution in [3.05, 3.63) is 47.9 Å². The van der Waals surface area contributed by atoms with E-state index in [2.05, 4.69) is 6.58 Å². The van der Waals surface area contributed by atoms with Crippen LogP contribution in [0.2, 0.25) is 0 Å². The van der Waals surface area contributed by atoms with Crippen molar-refractivity contribution in [2.75, 3.05) is 0 Å². The Balaban J connectivity index is 2.85. The van der Waals surface area contributed by atoms with Crippen LogP contribution in [0.4, 0.5) is 0 Å². The van der Waals surface area contributed by atoms with Gasteiger partial charge in [0.25, 0.3) is 0 Å². The summed E-state index contributed by atoms with van der Waals surface area (Å²) in [7, 11) is 0. The van der Waals surface area contributed by atoms with Crippen LogP contribution in [0, 0.1) is 0 Å².